The van der Waals surface area contributed by atoms with E-state index in [-0.39, 0.29) is 34.9 Å². The van der Waals surface area contributed by atoms with E-state index >= 15 is 0 Å². The number of ether oxygens (including phenoxy) is 2. The summed E-state index contributed by atoms with van der Waals surface area (Å²) in [7, 11) is 0. The first kappa shape index (κ1) is 22.0. The molecule has 2 heterocycles. The van der Waals surface area contributed by atoms with Gasteiger partial charge >= 0.3 is 0 Å². The van der Waals surface area contributed by atoms with E-state index in [4.69, 9.17) is 9.47 Å². The average molecular weight is 447 g/mol. The molecule has 32 heavy (non-hydrogen) atoms. The molecule has 3 saturated carbocycles. The fraction of sp³-hybridized carbons (Fsp3) is 0.926. The number of aliphatic hydroxyl groups is 3. The summed E-state index contributed by atoms with van der Waals surface area (Å²) >= 11 is 0. The van der Waals surface area contributed by atoms with Gasteiger partial charge in [-0.1, -0.05) is 39.3 Å². The highest BCUT2D eigenvalue weighted by Gasteiger charge is 2.69. The highest BCUT2D eigenvalue weighted by molar-refractivity contribution is 5.28. The first-order valence-electron chi connectivity index (χ1n) is 13.2. The molecule has 1 spiro atoms. The molecule has 0 aromatic rings. The normalized spacial score (nSPS) is 61.5. The van der Waals surface area contributed by atoms with Crippen LogP contribution in [0.3, 0.4) is 0 Å². The summed E-state index contributed by atoms with van der Waals surface area (Å²) in [6.07, 6.45) is 7.65. The van der Waals surface area contributed by atoms with Crippen LogP contribution in [-0.4, -0.2) is 52.1 Å². The summed E-state index contributed by atoms with van der Waals surface area (Å²) in [5.74, 6) is 1.94. The second kappa shape index (κ2) is 7.04. The van der Waals surface area contributed by atoms with Crippen molar-refractivity contribution in [2.75, 3.05) is 6.61 Å². The zero-order valence-corrected chi connectivity index (χ0v) is 20.2. The summed E-state index contributed by atoms with van der Waals surface area (Å²) in [6, 6.07) is 0. The van der Waals surface area contributed by atoms with Gasteiger partial charge in [-0.25, -0.2) is 0 Å². The van der Waals surface area contributed by atoms with Gasteiger partial charge in [-0.05, 0) is 61.2 Å². The van der Waals surface area contributed by atoms with Crippen LogP contribution < -0.4 is 0 Å². The minimum atomic E-state index is -0.618. The SMILES string of the molecule is C[C@@H]1CO[C@]2(C[C@@H]1O)O[C@H]1C[C@H]3[C@@H]4CC=C5C[C@@H](O)C[C@@H](O)[C@]5(C)[C@H]4CC[C@]3(C)[C@H]1[C@@H]2C. The molecule has 180 valence electrons. The van der Waals surface area contributed by atoms with Gasteiger partial charge in [0.25, 0.3) is 0 Å². The molecular formula is C27H42O5. The van der Waals surface area contributed by atoms with Crippen molar-refractivity contribution in [3.63, 3.8) is 0 Å². The van der Waals surface area contributed by atoms with Gasteiger partial charge in [0.15, 0.2) is 5.79 Å². The standard InChI is InChI=1S/C27H42O5/c1-14-13-31-27(12-21(14)29)15(2)24-22(32-27)11-20-18-6-5-16-9-17(28)10-23(30)26(16,4)19(18)7-8-25(20,24)3/h5,14-15,17-24,28-30H,6-13H2,1-4H3/t14-,15+,17-,18-,19+,20+,21+,22+,23-,24+,25+,26+,27-/m1/s1. The van der Waals surface area contributed by atoms with Crippen LogP contribution >= 0.6 is 0 Å². The highest BCUT2D eigenvalue weighted by atomic mass is 16.7. The first-order chi connectivity index (χ1) is 15.1. The smallest absolute Gasteiger partial charge is 0.174 e. The molecule has 4 aliphatic carbocycles. The molecular weight excluding hydrogens is 404 g/mol. The van der Waals surface area contributed by atoms with Crippen molar-refractivity contribution in [3.8, 4) is 0 Å². The topological polar surface area (TPSA) is 79.2 Å². The molecule has 5 nitrogen and oxygen atoms in total. The fourth-order valence-corrected chi connectivity index (χ4v) is 9.71. The van der Waals surface area contributed by atoms with Gasteiger partial charge in [0.05, 0.1) is 31.0 Å². The van der Waals surface area contributed by atoms with Crippen LogP contribution in [0, 0.1) is 46.3 Å². The average Bonchev–Trinajstić information content (AvgIpc) is 3.17. The Morgan fingerprint density at radius 2 is 1.84 bits per heavy atom. The molecule has 0 aromatic heterocycles. The number of rotatable bonds is 0. The third-order valence-corrected chi connectivity index (χ3v) is 11.6. The van der Waals surface area contributed by atoms with Crippen LogP contribution in [-0.2, 0) is 9.47 Å². The Morgan fingerprint density at radius 3 is 2.59 bits per heavy atom. The number of fused-ring (bicyclic) bond motifs is 7. The van der Waals surface area contributed by atoms with Gasteiger partial charge in [-0.2, -0.15) is 0 Å². The lowest BCUT2D eigenvalue weighted by Gasteiger charge is -2.59. The van der Waals surface area contributed by atoms with Gasteiger partial charge in [0.2, 0.25) is 0 Å². The van der Waals surface area contributed by atoms with E-state index in [0.717, 1.165) is 25.7 Å². The minimum absolute atomic E-state index is 0.167. The molecule has 0 aromatic carbocycles. The summed E-state index contributed by atoms with van der Waals surface area (Å²) in [5.41, 5.74) is 1.32. The van der Waals surface area contributed by atoms with Crippen molar-refractivity contribution in [1.29, 1.82) is 0 Å². The van der Waals surface area contributed by atoms with E-state index in [1.807, 2.05) is 0 Å². The molecule has 6 aliphatic rings. The van der Waals surface area contributed by atoms with Crippen molar-refractivity contribution >= 4 is 0 Å². The summed E-state index contributed by atoms with van der Waals surface area (Å²) in [4.78, 5) is 0. The summed E-state index contributed by atoms with van der Waals surface area (Å²) < 4.78 is 13.1. The van der Waals surface area contributed by atoms with Crippen molar-refractivity contribution in [1.82, 2.24) is 0 Å². The minimum Gasteiger partial charge on any atom is -0.393 e. The first-order valence-corrected chi connectivity index (χ1v) is 13.2. The van der Waals surface area contributed by atoms with E-state index in [9.17, 15) is 15.3 Å². The lowest BCUT2D eigenvalue weighted by Crippen LogP contribution is -2.56. The van der Waals surface area contributed by atoms with E-state index < -0.39 is 18.0 Å². The van der Waals surface area contributed by atoms with Crippen LogP contribution in [0.15, 0.2) is 11.6 Å². The maximum Gasteiger partial charge on any atom is 0.174 e. The Morgan fingerprint density at radius 1 is 1.06 bits per heavy atom. The summed E-state index contributed by atoms with van der Waals surface area (Å²) in [6.45, 7) is 9.71. The molecule has 0 bridgehead atoms. The van der Waals surface area contributed by atoms with Crippen LogP contribution in [0.1, 0.15) is 72.6 Å². The second-order valence-corrected chi connectivity index (χ2v) is 12.9. The quantitative estimate of drug-likeness (QED) is 0.495. The van der Waals surface area contributed by atoms with Crippen molar-refractivity contribution < 1.29 is 24.8 Å². The highest BCUT2D eigenvalue weighted by Crippen LogP contribution is 2.70. The van der Waals surface area contributed by atoms with Gasteiger partial charge in [0, 0.05) is 30.1 Å². The maximum absolute atomic E-state index is 11.1. The Hall–Kier alpha value is -0.460. The van der Waals surface area contributed by atoms with Crippen LogP contribution in [0.2, 0.25) is 0 Å². The van der Waals surface area contributed by atoms with E-state index in [1.165, 1.54) is 12.0 Å². The Balaban J connectivity index is 1.29. The number of allylic oxidation sites excluding steroid dienone is 1. The summed E-state index contributed by atoms with van der Waals surface area (Å²) in [5, 5.41) is 32.0. The van der Waals surface area contributed by atoms with Crippen molar-refractivity contribution in [2.24, 2.45) is 46.3 Å². The molecule has 6 rings (SSSR count). The Kier molecular flexibility index (Phi) is 4.84. The van der Waals surface area contributed by atoms with E-state index in [0.29, 0.717) is 43.1 Å². The molecule has 2 saturated heterocycles. The van der Waals surface area contributed by atoms with Crippen molar-refractivity contribution in [3.05, 3.63) is 11.6 Å². The Labute approximate surface area is 192 Å². The molecule has 3 N–H and O–H groups in total. The predicted molar refractivity (Wildman–Crippen MR) is 120 cm³/mol. The van der Waals surface area contributed by atoms with Gasteiger partial charge < -0.3 is 24.8 Å². The largest absolute Gasteiger partial charge is 0.393 e. The lowest BCUT2D eigenvalue weighted by molar-refractivity contribution is -0.290. The van der Waals surface area contributed by atoms with Gasteiger partial charge in [-0.15, -0.1) is 0 Å². The lowest BCUT2D eigenvalue weighted by atomic mass is 9.46. The van der Waals surface area contributed by atoms with Crippen LogP contribution in [0.5, 0.6) is 0 Å². The molecule has 0 unspecified atom stereocenters. The third-order valence-electron chi connectivity index (χ3n) is 11.6. The molecule has 13 atom stereocenters. The number of hydrogen-bond acceptors (Lipinski definition) is 5. The molecule has 0 radical (unpaired) electrons. The molecule has 5 fully saturated rings. The molecule has 2 aliphatic heterocycles. The van der Waals surface area contributed by atoms with Gasteiger partial charge in [0.1, 0.15) is 0 Å². The number of hydrogen-bond donors (Lipinski definition) is 3. The molecule has 5 heteroatoms. The predicted octanol–water partition coefficient (Wildman–Crippen LogP) is 3.66. The second-order valence-electron chi connectivity index (χ2n) is 12.9. The fourth-order valence-electron chi connectivity index (χ4n) is 9.71. The van der Waals surface area contributed by atoms with Gasteiger partial charge in [-0.3, -0.25) is 0 Å². The zero-order valence-electron chi connectivity index (χ0n) is 20.2. The van der Waals surface area contributed by atoms with Crippen LogP contribution in [0.25, 0.3) is 0 Å². The third kappa shape index (κ3) is 2.69. The Bertz CT molecular complexity index is 812. The molecule has 0 amide bonds. The zero-order chi connectivity index (χ0) is 22.6. The maximum atomic E-state index is 11.1. The van der Waals surface area contributed by atoms with Crippen LogP contribution in [0.4, 0.5) is 0 Å². The monoisotopic (exact) mass is 446 g/mol. The van der Waals surface area contributed by atoms with E-state index in [2.05, 4.69) is 33.8 Å². The van der Waals surface area contributed by atoms with E-state index in [1.54, 1.807) is 0 Å². The van der Waals surface area contributed by atoms with Crippen molar-refractivity contribution in [2.45, 2.75) is 103 Å². The number of aliphatic hydroxyl groups excluding tert-OH is 3.